The first-order valence-corrected chi connectivity index (χ1v) is 8.17. The van der Waals surface area contributed by atoms with E-state index in [1.165, 1.54) is 0 Å². The molecule has 2 aliphatic heterocycles. The minimum atomic E-state index is -3.25. The van der Waals surface area contributed by atoms with Gasteiger partial charge in [0, 0.05) is 38.4 Å². The molecule has 0 unspecified atom stereocenters. The molecule has 2 fully saturated rings. The molecule has 6 nitrogen and oxygen atoms in total. The number of hydrogen-bond donors (Lipinski definition) is 0. The summed E-state index contributed by atoms with van der Waals surface area (Å²) in [5, 5.41) is 0. The van der Waals surface area contributed by atoms with Gasteiger partial charge in [0.2, 0.25) is 5.91 Å². The molecule has 0 aromatic heterocycles. The number of rotatable bonds is 2. The molecule has 2 rings (SSSR count). The number of likely N-dealkylation sites (N-methyl/N-ethyl adjacent to an activating group) is 1. The van der Waals surface area contributed by atoms with Gasteiger partial charge in [-0.1, -0.05) is 0 Å². The lowest BCUT2D eigenvalue weighted by Crippen LogP contribution is -2.35. The summed E-state index contributed by atoms with van der Waals surface area (Å²) in [7, 11) is -1.22. The van der Waals surface area contributed by atoms with E-state index in [1.807, 2.05) is 7.05 Å². The summed E-state index contributed by atoms with van der Waals surface area (Å²) >= 11 is 0. The lowest BCUT2D eigenvalue weighted by atomic mass is 10.1. The maximum absolute atomic E-state index is 11.8. The van der Waals surface area contributed by atoms with Gasteiger partial charge in [-0.2, -0.15) is 0 Å². The predicted molar refractivity (Wildman–Crippen MR) is 67.0 cm³/mol. The van der Waals surface area contributed by atoms with Crippen molar-refractivity contribution in [3.8, 4) is 0 Å². The quantitative estimate of drug-likeness (QED) is 0.635. The molecule has 0 bridgehead atoms. The summed E-state index contributed by atoms with van der Waals surface area (Å²) < 4.78 is 28.0. The zero-order valence-corrected chi connectivity index (χ0v) is 11.6. The molecule has 0 saturated carbocycles. The van der Waals surface area contributed by atoms with Gasteiger partial charge in [0.05, 0.1) is 12.7 Å². The highest BCUT2D eigenvalue weighted by Crippen LogP contribution is 2.23. The van der Waals surface area contributed by atoms with E-state index in [0.717, 1.165) is 19.3 Å². The van der Waals surface area contributed by atoms with Crippen molar-refractivity contribution in [2.24, 2.45) is 5.92 Å². The zero-order valence-electron chi connectivity index (χ0n) is 10.8. The van der Waals surface area contributed by atoms with Crippen LogP contribution >= 0.6 is 0 Å². The van der Waals surface area contributed by atoms with Crippen LogP contribution in [0.4, 0.5) is 0 Å². The molecule has 2 saturated heterocycles. The monoisotopic (exact) mass is 276 g/mol. The number of nitrogens with zero attached hydrogens (tertiary/aromatic N) is 2. The van der Waals surface area contributed by atoms with Crippen LogP contribution < -0.4 is 0 Å². The highest BCUT2D eigenvalue weighted by Gasteiger charge is 2.38. The Morgan fingerprint density at radius 1 is 1.33 bits per heavy atom. The number of sulfone groups is 1. The van der Waals surface area contributed by atoms with Gasteiger partial charge >= 0.3 is 0 Å². The van der Waals surface area contributed by atoms with Crippen molar-refractivity contribution in [1.82, 2.24) is 9.80 Å². The van der Waals surface area contributed by atoms with Crippen molar-refractivity contribution >= 4 is 15.7 Å². The Labute approximate surface area is 108 Å². The highest BCUT2D eigenvalue weighted by atomic mass is 32.2. The molecule has 2 atom stereocenters. The summed E-state index contributed by atoms with van der Waals surface area (Å²) in [6.07, 6.45) is 1.14. The lowest BCUT2D eigenvalue weighted by molar-refractivity contribution is -0.128. The average molecular weight is 276 g/mol. The van der Waals surface area contributed by atoms with E-state index in [-0.39, 0.29) is 12.0 Å². The van der Waals surface area contributed by atoms with Crippen LogP contribution in [-0.4, -0.2) is 82.1 Å². The number of likely N-dealkylation sites (tertiary alicyclic amines) is 1. The fourth-order valence-electron chi connectivity index (χ4n) is 2.58. The van der Waals surface area contributed by atoms with E-state index in [1.54, 1.807) is 4.90 Å². The predicted octanol–water partition coefficient (Wildman–Crippen LogP) is -1.18. The van der Waals surface area contributed by atoms with Gasteiger partial charge in [0.1, 0.15) is 5.75 Å². The molecule has 2 aliphatic rings. The topological polar surface area (TPSA) is 66.9 Å². The number of amides is 1. The average Bonchev–Trinajstić information content (AvgIpc) is 2.52. The number of ether oxygens (including phenoxy) is 1. The third kappa shape index (κ3) is 3.43. The van der Waals surface area contributed by atoms with Gasteiger partial charge in [-0.15, -0.1) is 0 Å². The van der Waals surface area contributed by atoms with Gasteiger partial charge in [-0.05, 0) is 7.05 Å². The smallest absolute Gasteiger partial charge is 0.237 e. The van der Waals surface area contributed by atoms with Crippen molar-refractivity contribution in [2.75, 3.05) is 51.8 Å². The minimum absolute atomic E-state index is 0.0541. The Morgan fingerprint density at radius 3 is 2.72 bits per heavy atom. The van der Waals surface area contributed by atoms with Crippen LogP contribution in [0.25, 0.3) is 0 Å². The fraction of sp³-hybridized carbons (Fsp3) is 0.909. The third-order valence-corrected chi connectivity index (χ3v) is 4.24. The van der Waals surface area contributed by atoms with E-state index < -0.39 is 15.6 Å². The van der Waals surface area contributed by atoms with Crippen molar-refractivity contribution < 1.29 is 17.9 Å². The second kappa shape index (κ2) is 5.14. The SMILES string of the molecule is CN1CCO[C@@H]2CN(C(=O)CS(C)(=O)=O)C[C@@H]2C1. The van der Waals surface area contributed by atoms with Crippen LogP contribution in [0.5, 0.6) is 0 Å². The fourth-order valence-corrected chi connectivity index (χ4v) is 3.21. The molecule has 2 heterocycles. The largest absolute Gasteiger partial charge is 0.375 e. The number of fused-ring (bicyclic) bond motifs is 1. The molecular weight excluding hydrogens is 256 g/mol. The Balaban J connectivity index is 1.97. The molecule has 18 heavy (non-hydrogen) atoms. The van der Waals surface area contributed by atoms with E-state index in [2.05, 4.69) is 4.90 Å². The molecule has 7 heteroatoms. The second-order valence-corrected chi connectivity index (χ2v) is 7.44. The second-order valence-electron chi connectivity index (χ2n) is 5.30. The maximum atomic E-state index is 11.8. The summed E-state index contributed by atoms with van der Waals surface area (Å²) in [5.74, 6) is -0.416. The van der Waals surface area contributed by atoms with Crippen LogP contribution in [0, 0.1) is 5.92 Å². The first kappa shape index (κ1) is 13.8. The summed E-state index contributed by atoms with van der Waals surface area (Å²) in [6.45, 7) is 3.60. The van der Waals surface area contributed by atoms with Crippen LogP contribution in [0.15, 0.2) is 0 Å². The Bertz CT molecular complexity index is 423. The number of hydrogen-bond acceptors (Lipinski definition) is 5. The molecule has 0 aromatic carbocycles. The maximum Gasteiger partial charge on any atom is 0.237 e. The van der Waals surface area contributed by atoms with Crippen LogP contribution in [0.1, 0.15) is 0 Å². The number of carbonyl (C=O) groups excluding carboxylic acids is 1. The Hall–Kier alpha value is -0.660. The lowest BCUT2D eigenvalue weighted by Gasteiger charge is -2.19. The standard InChI is InChI=1S/C11H20N2O4S/c1-12-3-4-17-10-7-13(6-9(10)5-12)11(14)8-18(2,15)16/h9-10H,3-8H2,1-2H3/t9-,10+/m0/s1. The van der Waals surface area contributed by atoms with Crippen LogP contribution in [0.3, 0.4) is 0 Å². The van der Waals surface area contributed by atoms with E-state index in [9.17, 15) is 13.2 Å². The van der Waals surface area contributed by atoms with Gasteiger partial charge in [0.15, 0.2) is 9.84 Å². The molecule has 104 valence electrons. The summed E-state index contributed by atoms with van der Waals surface area (Å²) in [6, 6.07) is 0. The van der Waals surface area contributed by atoms with Crippen LogP contribution in [-0.2, 0) is 19.4 Å². The van der Waals surface area contributed by atoms with Crippen LogP contribution in [0.2, 0.25) is 0 Å². The first-order valence-electron chi connectivity index (χ1n) is 6.11. The normalized spacial score (nSPS) is 30.0. The van der Waals surface area contributed by atoms with Crippen molar-refractivity contribution in [1.29, 1.82) is 0 Å². The van der Waals surface area contributed by atoms with Crippen molar-refractivity contribution in [3.05, 3.63) is 0 Å². The summed E-state index contributed by atoms with van der Waals surface area (Å²) in [5.41, 5.74) is 0. The molecule has 0 N–H and O–H groups in total. The Kier molecular flexibility index (Phi) is 3.93. The molecule has 0 spiro atoms. The molecular formula is C11H20N2O4S. The molecule has 0 radical (unpaired) electrons. The first-order chi connectivity index (χ1) is 8.35. The molecule has 0 aliphatic carbocycles. The van der Waals surface area contributed by atoms with Gasteiger partial charge < -0.3 is 14.5 Å². The van der Waals surface area contributed by atoms with Gasteiger partial charge in [-0.25, -0.2) is 8.42 Å². The van der Waals surface area contributed by atoms with E-state index in [0.29, 0.717) is 25.6 Å². The van der Waals surface area contributed by atoms with Crippen molar-refractivity contribution in [3.63, 3.8) is 0 Å². The summed E-state index contributed by atoms with van der Waals surface area (Å²) in [4.78, 5) is 15.7. The van der Waals surface area contributed by atoms with E-state index in [4.69, 9.17) is 4.74 Å². The van der Waals surface area contributed by atoms with Crippen molar-refractivity contribution in [2.45, 2.75) is 6.10 Å². The highest BCUT2D eigenvalue weighted by molar-refractivity contribution is 7.91. The zero-order chi connectivity index (χ0) is 13.3. The number of carbonyl (C=O) groups is 1. The molecule has 0 aromatic rings. The third-order valence-electron chi connectivity index (χ3n) is 3.47. The van der Waals surface area contributed by atoms with Gasteiger partial charge in [0.25, 0.3) is 0 Å². The Morgan fingerprint density at radius 2 is 2.06 bits per heavy atom. The minimum Gasteiger partial charge on any atom is -0.375 e. The van der Waals surface area contributed by atoms with Gasteiger partial charge in [-0.3, -0.25) is 4.79 Å². The molecule has 1 amide bonds. The van der Waals surface area contributed by atoms with E-state index >= 15 is 0 Å².